The van der Waals surface area contributed by atoms with E-state index in [0.717, 1.165) is 12.0 Å². The Morgan fingerprint density at radius 2 is 1.92 bits per heavy atom. The predicted octanol–water partition coefficient (Wildman–Crippen LogP) is 1.46. The Morgan fingerprint density at radius 1 is 1.17 bits per heavy atom. The maximum Gasteiger partial charge on any atom is 0.0195 e. The molecule has 3 fully saturated rings. The van der Waals surface area contributed by atoms with Gasteiger partial charge < -0.3 is 10.2 Å². The van der Waals surface area contributed by atoms with E-state index < -0.39 is 0 Å². The van der Waals surface area contributed by atoms with Gasteiger partial charge in [-0.2, -0.15) is 0 Å². The van der Waals surface area contributed by atoms with Gasteiger partial charge in [0.1, 0.15) is 0 Å². The number of nitrogens with one attached hydrogen (secondary N) is 1. The summed E-state index contributed by atoms with van der Waals surface area (Å²) in [5.41, 5.74) is 0. The molecule has 3 heterocycles. The average Bonchev–Trinajstić information content (AvgIpc) is 2.17. The second-order valence-corrected chi connectivity index (χ2v) is 3.77. The van der Waals surface area contributed by atoms with Crippen LogP contribution in [0.4, 0.5) is 0 Å². The summed E-state index contributed by atoms with van der Waals surface area (Å²) in [6.07, 6.45) is 2.84. The summed E-state index contributed by atoms with van der Waals surface area (Å²) in [5.74, 6) is 0.934. The molecule has 3 rings (SSSR count). The van der Waals surface area contributed by atoms with Crippen LogP contribution in [0.1, 0.15) is 12.8 Å². The van der Waals surface area contributed by atoms with E-state index in [1.54, 1.807) is 0 Å². The summed E-state index contributed by atoms with van der Waals surface area (Å²) < 4.78 is 0. The molecule has 0 spiro atoms. The molecule has 1 N–H and O–H groups in total. The highest BCUT2D eigenvalue weighted by atomic mass is 79.9. The smallest absolute Gasteiger partial charge is 0.0195 e. The van der Waals surface area contributed by atoms with Gasteiger partial charge in [0.2, 0.25) is 0 Å². The second kappa shape index (κ2) is 5.58. The van der Waals surface area contributed by atoms with Crippen LogP contribution in [0.5, 0.6) is 0 Å². The lowest BCUT2D eigenvalue weighted by molar-refractivity contribution is 0.320. The molecule has 0 saturated carbocycles. The molecule has 0 radical (unpaired) electrons. The van der Waals surface area contributed by atoms with Gasteiger partial charge in [0, 0.05) is 19.1 Å². The molecule has 2 atom stereocenters. The first kappa shape index (κ1) is 12.9. The van der Waals surface area contributed by atoms with Crippen molar-refractivity contribution in [3.8, 4) is 0 Å². The van der Waals surface area contributed by atoms with Gasteiger partial charge in [-0.05, 0) is 32.4 Å². The molecule has 0 aliphatic carbocycles. The van der Waals surface area contributed by atoms with Crippen molar-refractivity contribution in [3.05, 3.63) is 0 Å². The topological polar surface area (TPSA) is 15.3 Å². The van der Waals surface area contributed by atoms with E-state index in [1.807, 2.05) is 0 Å². The van der Waals surface area contributed by atoms with Gasteiger partial charge in [-0.15, -0.1) is 34.0 Å². The highest BCUT2D eigenvalue weighted by Crippen LogP contribution is 2.19. The van der Waals surface area contributed by atoms with E-state index in [2.05, 4.69) is 17.3 Å². The summed E-state index contributed by atoms with van der Waals surface area (Å²) >= 11 is 0. The lowest BCUT2D eigenvalue weighted by Crippen LogP contribution is -2.38. The first-order valence-corrected chi connectivity index (χ1v) is 4.26. The van der Waals surface area contributed by atoms with Crippen LogP contribution in [-0.4, -0.2) is 37.6 Å². The normalized spacial score (nSPS) is 34.8. The first-order valence-electron chi connectivity index (χ1n) is 4.26. The molecular formula is C8H18Br2N2. The Morgan fingerprint density at radius 3 is 2.50 bits per heavy atom. The molecule has 3 aliphatic rings. The SMILES string of the molecule is Br.Br.CN1CC2CCC(C1)NC2. The van der Waals surface area contributed by atoms with E-state index in [4.69, 9.17) is 0 Å². The van der Waals surface area contributed by atoms with Crippen molar-refractivity contribution < 1.29 is 0 Å². The number of halogens is 2. The lowest BCUT2D eigenvalue weighted by Gasteiger charge is -2.23. The van der Waals surface area contributed by atoms with Gasteiger partial charge in [-0.25, -0.2) is 0 Å². The zero-order valence-corrected chi connectivity index (χ0v) is 10.9. The standard InChI is InChI=1S/C8H16N2.2BrH/c1-10-5-7-2-3-8(6-10)9-4-7;;/h7-9H,2-6H2,1H3;2*1H. The Bertz CT molecular complexity index is 110. The predicted molar refractivity (Wildman–Crippen MR) is 62.7 cm³/mol. The van der Waals surface area contributed by atoms with Crippen molar-refractivity contribution in [2.75, 3.05) is 26.7 Å². The van der Waals surface area contributed by atoms with Crippen molar-refractivity contribution in [3.63, 3.8) is 0 Å². The number of fused-ring (bicyclic) bond motifs is 4. The molecule has 0 aromatic carbocycles. The highest BCUT2D eigenvalue weighted by molar-refractivity contribution is 8.93. The van der Waals surface area contributed by atoms with Crippen LogP contribution < -0.4 is 5.32 Å². The van der Waals surface area contributed by atoms with Gasteiger partial charge in [-0.3, -0.25) is 0 Å². The quantitative estimate of drug-likeness (QED) is 0.729. The summed E-state index contributed by atoms with van der Waals surface area (Å²) in [6.45, 7) is 3.83. The number of hydrogen-bond donors (Lipinski definition) is 1. The average molecular weight is 302 g/mol. The Labute approximate surface area is 95.6 Å². The maximum atomic E-state index is 3.57. The molecule has 12 heavy (non-hydrogen) atoms. The lowest BCUT2D eigenvalue weighted by atomic mass is 9.97. The minimum atomic E-state index is 0. The Kier molecular flexibility index (Phi) is 5.99. The van der Waals surface area contributed by atoms with Crippen LogP contribution in [0.3, 0.4) is 0 Å². The fourth-order valence-electron chi connectivity index (χ4n) is 2.18. The molecule has 0 amide bonds. The van der Waals surface area contributed by atoms with Gasteiger partial charge >= 0.3 is 0 Å². The minimum Gasteiger partial charge on any atom is -0.312 e. The van der Waals surface area contributed by atoms with Crippen molar-refractivity contribution in [2.24, 2.45) is 5.92 Å². The molecule has 0 aromatic heterocycles. The summed E-state index contributed by atoms with van der Waals surface area (Å²) in [6, 6.07) is 0.795. The molecule has 3 aliphatic heterocycles. The molecular weight excluding hydrogens is 284 g/mol. The summed E-state index contributed by atoms with van der Waals surface area (Å²) in [7, 11) is 2.23. The van der Waals surface area contributed by atoms with Gasteiger partial charge in [-0.1, -0.05) is 0 Å². The number of rotatable bonds is 0. The molecule has 74 valence electrons. The van der Waals surface area contributed by atoms with Crippen molar-refractivity contribution in [2.45, 2.75) is 18.9 Å². The number of nitrogens with zero attached hydrogens (tertiary/aromatic N) is 1. The van der Waals surface area contributed by atoms with Crippen LogP contribution in [0.2, 0.25) is 0 Å². The number of hydrogen-bond acceptors (Lipinski definition) is 2. The fourth-order valence-corrected chi connectivity index (χ4v) is 2.18. The maximum absolute atomic E-state index is 3.57. The van der Waals surface area contributed by atoms with E-state index in [-0.39, 0.29) is 34.0 Å². The van der Waals surface area contributed by atoms with E-state index in [0.29, 0.717) is 0 Å². The van der Waals surface area contributed by atoms with Crippen molar-refractivity contribution in [1.82, 2.24) is 10.2 Å². The van der Waals surface area contributed by atoms with E-state index >= 15 is 0 Å². The van der Waals surface area contributed by atoms with Crippen LogP contribution in [-0.2, 0) is 0 Å². The van der Waals surface area contributed by atoms with Crippen LogP contribution in [0.15, 0.2) is 0 Å². The Hall–Kier alpha value is 0.880. The van der Waals surface area contributed by atoms with E-state index in [9.17, 15) is 0 Å². The summed E-state index contributed by atoms with van der Waals surface area (Å²) in [4.78, 5) is 2.46. The largest absolute Gasteiger partial charge is 0.312 e. The van der Waals surface area contributed by atoms with Crippen molar-refractivity contribution in [1.29, 1.82) is 0 Å². The Balaban J connectivity index is 0.000000605. The molecule has 2 nitrogen and oxygen atoms in total. The third-order valence-electron chi connectivity index (χ3n) is 2.72. The minimum absolute atomic E-state index is 0. The first-order chi connectivity index (χ1) is 4.84. The molecule has 2 unspecified atom stereocenters. The zero-order valence-electron chi connectivity index (χ0n) is 7.45. The molecule has 4 heteroatoms. The summed E-state index contributed by atoms with van der Waals surface area (Å²) in [5, 5.41) is 3.57. The van der Waals surface area contributed by atoms with Crippen molar-refractivity contribution >= 4 is 34.0 Å². The molecule has 3 saturated heterocycles. The monoisotopic (exact) mass is 300 g/mol. The third-order valence-corrected chi connectivity index (χ3v) is 2.72. The van der Waals surface area contributed by atoms with E-state index in [1.165, 1.54) is 32.5 Å². The number of piperidine rings is 1. The highest BCUT2D eigenvalue weighted by Gasteiger charge is 2.26. The van der Waals surface area contributed by atoms with Crippen LogP contribution >= 0.6 is 34.0 Å². The van der Waals surface area contributed by atoms with Crippen LogP contribution in [0, 0.1) is 5.92 Å². The van der Waals surface area contributed by atoms with Gasteiger partial charge in [0.15, 0.2) is 0 Å². The molecule has 2 bridgehead atoms. The van der Waals surface area contributed by atoms with Gasteiger partial charge in [0.25, 0.3) is 0 Å². The number of likely N-dealkylation sites (N-methyl/N-ethyl adjacent to an activating group) is 1. The zero-order chi connectivity index (χ0) is 6.97. The van der Waals surface area contributed by atoms with Crippen LogP contribution in [0.25, 0.3) is 0 Å². The molecule has 0 aromatic rings. The van der Waals surface area contributed by atoms with Gasteiger partial charge in [0.05, 0.1) is 0 Å². The fraction of sp³-hybridized carbons (Fsp3) is 1.00. The second-order valence-electron chi connectivity index (χ2n) is 3.77. The third kappa shape index (κ3) is 2.98.